The van der Waals surface area contributed by atoms with Gasteiger partial charge in [0, 0.05) is 11.8 Å². The Balaban J connectivity index is 1.47. The van der Waals surface area contributed by atoms with Gasteiger partial charge in [-0.25, -0.2) is 9.97 Å². The van der Waals surface area contributed by atoms with E-state index in [4.69, 9.17) is 4.52 Å². The molecule has 6 nitrogen and oxygen atoms in total. The summed E-state index contributed by atoms with van der Waals surface area (Å²) in [5.74, 6) is 1.66. The molecule has 0 radical (unpaired) electrons. The van der Waals surface area contributed by atoms with E-state index in [1.54, 1.807) is 6.20 Å². The topological polar surface area (TPSA) is 76.7 Å². The van der Waals surface area contributed by atoms with Crippen LogP contribution in [0.3, 0.4) is 0 Å². The van der Waals surface area contributed by atoms with Gasteiger partial charge in [0.25, 0.3) is 5.89 Å². The van der Waals surface area contributed by atoms with Gasteiger partial charge in [-0.15, -0.1) is 0 Å². The van der Waals surface area contributed by atoms with E-state index in [2.05, 4.69) is 49.7 Å². The van der Waals surface area contributed by atoms with Crippen LogP contribution in [0.5, 0.6) is 0 Å². The fraction of sp³-hybridized carbons (Fsp3) is 0.143. The van der Waals surface area contributed by atoms with Crippen molar-refractivity contribution in [2.24, 2.45) is 0 Å². The number of anilines is 1. The highest BCUT2D eigenvalue weighted by molar-refractivity contribution is 5.69. The summed E-state index contributed by atoms with van der Waals surface area (Å²) in [5.41, 5.74) is 4.31. The van der Waals surface area contributed by atoms with Crippen molar-refractivity contribution in [1.29, 1.82) is 0 Å². The van der Waals surface area contributed by atoms with E-state index >= 15 is 0 Å². The minimum absolute atomic E-state index is 0.214. The van der Waals surface area contributed by atoms with Crippen LogP contribution in [0.4, 0.5) is 5.82 Å². The van der Waals surface area contributed by atoms with Gasteiger partial charge in [0.15, 0.2) is 0 Å². The number of aryl methyl sites for hydroxylation is 1. The number of rotatable bonds is 4. The minimum Gasteiger partial charge on any atom is -0.362 e. The third-order valence-electron chi connectivity index (χ3n) is 4.84. The molecule has 2 heterocycles. The summed E-state index contributed by atoms with van der Waals surface area (Å²) < 4.78 is 5.50. The standard InChI is InChI=1S/C21H17N5O/c1-2-7-15(8-3-1)19-25-21(27-26-19)17-12-22-13-23-20(17)24-18-11-10-14-6-4-5-9-16(14)18/h1-9,12-13,18H,10-11H2,(H,22,23,24)/t18-/m1/s1. The Kier molecular flexibility index (Phi) is 3.86. The number of benzene rings is 2. The fourth-order valence-corrected chi connectivity index (χ4v) is 3.51. The van der Waals surface area contributed by atoms with Gasteiger partial charge >= 0.3 is 0 Å². The molecule has 1 atom stereocenters. The smallest absolute Gasteiger partial charge is 0.263 e. The minimum atomic E-state index is 0.214. The molecule has 132 valence electrons. The molecule has 0 spiro atoms. The van der Waals surface area contributed by atoms with Gasteiger partial charge in [0.2, 0.25) is 5.82 Å². The summed E-state index contributed by atoms with van der Waals surface area (Å²) in [5, 5.41) is 7.64. The highest BCUT2D eigenvalue weighted by Gasteiger charge is 2.24. The first-order valence-corrected chi connectivity index (χ1v) is 8.92. The second kappa shape index (κ2) is 6.64. The first-order chi connectivity index (χ1) is 13.4. The maximum Gasteiger partial charge on any atom is 0.263 e. The van der Waals surface area contributed by atoms with E-state index in [9.17, 15) is 0 Å². The number of fused-ring (bicyclic) bond motifs is 1. The molecule has 0 amide bonds. The maximum atomic E-state index is 5.50. The maximum absolute atomic E-state index is 5.50. The predicted octanol–water partition coefficient (Wildman–Crippen LogP) is 4.29. The number of nitrogens with zero attached hydrogens (tertiary/aromatic N) is 4. The molecule has 0 bridgehead atoms. The number of aromatic nitrogens is 4. The van der Waals surface area contributed by atoms with Gasteiger partial charge in [-0.1, -0.05) is 59.8 Å². The highest BCUT2D eigenvalue weighted by atomic mass is 16.5. The van der Waals surface area contributed by atoms with Crippen molar-refractivity contribution in [3.63, 3.8) is 0 Å². The van der Waals surface area contributed by atoms with Crippen LogP contribution in [-0.2, 0) is 6.42 Å². The van der Waals surface area contributed by atoms with E-state index in [1.807, 2.05) is 30.3 Å². The fourth-order valence-electron chi connectivity index (χ4n) is 3.51. The average molecular weight is 355 g/mol. The van der Waals surface area contributed by atoms with Gasteiger partial charge < -0.3 is 9.84 Å². The SMILES string of the molecule is c1ccc(-c2noc(-c3cncnc3N[C@@H]3CCc4ccccc43)n2)cc1. The molecule has 0 unspecified atom stereocenters. The zero-order valence-corrected chi connectivity index (χ0v) is 14.5. The molecule has 1 N–H and O–H groups in total. The van der Waals surface area contributed by atoms with Crippen LogP contribution >= 0.6 is 0 Å². The second-order valence-corrected chi connectivity index (χ2v) is 6.51. The van der Waals surface area contributed by atoms with Gasteiger partial charge in [-0.2, -0.15) is 4.98 Å². The Morgan fingerprint density at radius 3 is 2.78 bits per heavy atom. The van der Waals surface area contributed by atoms with E-state index in [1.165, 1.54) is 17.5 Å². The Labute approximate surface area is 156 Å². The zero-order chi connectivity index (χ0) is 18.1. The average Bonchev–Trinajstić information content (AvgIpc) is 3.37. The number of nitrogens with one attached hydrogen (secondary N) is 1. The summed E-state index contributed by atoms with van der Waals surface area (Å²) in [6, 6.07) is 18.5. The molecule has 1 aliphatic carbocycles. The van der Waals surface area contributed by atoms with Gasteiger partial charge in [0.1, 0.15) is 17.7 Å². The van der Waals surface area contributed by atoms with Gasteiger partial charge in [0.05, 0.1) is 6.04 Å². The van der Waals surface area contributed by atoms with Crippen LogP contribution in [0.1, 0.15) is 23.6 Å². The second-order valence-electron chi connectivity index (χ2n) is 6.51. The van der Waals surface area contributed by atoms with Crippen molar-refractivity contribution in [3.05, 3.63) is 78.2 Å². The number of hydrogen-bond acceptors (Lipinski definition) is 6. The van der Waals surface area contributed by atoms with Crippen molar-refractivity contribution >= 4 is 5.82 Å². The molecule has 0 saturated heterocycles. The third-order valence-corrected chi connectivity index (χ3v) is 4.84. The molecule has 0 saturated carbocycles. The molecule has 27 heavy (non-hydrogen) atoms. The summed E-state index contributed by atoms with van der Waals surface area (Å²) in [4.78, 5) is 13.1. The summed E-state index contributed by atoms with van der Waals surface area (Å²) >= 11 is 0. The van der Waals surface area contributed by atoms with E-state index in [0.717, 1.165) is 18.4 Å². The van der Waals surface area contributed by atoms with Crippen LogP contribution in [0, 0.1) is 0 Å². The lowest BCUT2D eigenvalue weighted by Gasteiger charge is -2.15. The Bertz CT molecular complexity index is 1080. The Hall–Kier alpha value is -3.54. The molecule has 4 aromatic rings. The number of hydrogen-bond donors (Lipinski definition) is 1. The molecule has 2 aromatic heterocycles. The Morgan fingerprint density at radius 2 is 1.85 bits per heavy atom. The monoisotopic (exact) mass is 355 g/mol. The lowest BCUT2D eigenvalue weighted by Crippen LogP contribution is -2.09. The van der Waals surface area contributed by atoms with Crippen LogP contribution in [0.2, 0.25) is 0 Å². The quantitative estimate of drug-likeness (QED) is 0.588. The van der Waals surface area contributed by atoms with Crippen LogP contribution < -0.4 is 5.32 Å². The zero-order valence-electron chi connectivity index (χ0n) is 14.5. The van der Waals surface area contributed by atoms with Crippen LogP contribution in [0.25, 0.3) is 22.8 Å². The first kappa shape index (κ1) is 15.7. The van der Waals surface area contributed by atoms with Crippen molar-refractivity contribution in [3.8, 4) is 22.8 Å². The van der Waals surface area contributed by atoms with E-state index in [-0.39, 0.29) is 6.04 Å². The van der Waals surface area contributed by atoms with Crippen molar-refractivity contribution < 1.29 is 4.52 Å². The van der Waals surface area contributed by atoms with Crippen molar-refractivity contribution in [2.45, 2.75) is 18.9 Å². The van der Waals surface area contributed by atoms with Crippen molar-refractivity contribution in [2.75, 3.05) is 5.32 Å². The molecule has 2 aromatic carbocycles. The Morgan fingerprint density at radius 1 is 1.00 bits per heavy atom. The van der Waals surface area contributed by atoms with Crippen LogP contribution in [0.15, 0.2) is 71.6 Å². The summed E-state index contributed by atoms with van der Waals surface area (Å²) in [6.07, 6.45) is 5.33. The van der Waals surface area contributed by atoms with E-state index in [0.29, 0.717) is 23.1 Å². The third kappa shape index (κ3) is 2.95. The lowest BCUT2D eigenvalue weighted by molar-refractivity contribution is 0.432. The van der Waals surface area contributed by atoms with Gasteiger partial charge in [-0.05, 0) is 24.0 Å². The lowest BCUT2D eigenvalue weighted by atomic mass is 10.1. The molecule has 6 heteroatoms. The molecule has 0 aliphatic heterocycles. The summed E-state index contributed by atoms with van der Waals surface area (Å²) in [6.45, 7) is 0. The predicted molar refractivity (Wildman–Crippen MR) is 102 cm³/mol. The molecule has 1 aliphatic rings. The molecular weight excluding hydrogens is 338 g/mol. The first-order valence-electron chi connectivity index (χ1n) is 8.92. The molecular formula is C21H17N5O. The highest BCUT2D eigenvalue weighted by Crippen LogP contribution is 2.35. The molecule has 5 rings (SSSR count). The normalized spacial score (nSPS) is 15.5. The van der Waals surface area contributed by atoms with Crippen LogP contribution in [-0.4, -0.2) is 20.1 Å². The largest absolute Gasteiger partial charge is 0.362 e. The van der Waals surface area contributed by atoms with Gasteiger partial charge in [-0.3, -0.25) is 0 Å². The summed E-state index contributed by atoms with van der Waals surface area (Å²) in [7, 11) is 0. The van der Waals surface area contributed by atoms with Crippen molar-refractivity contribution in [1.82, 2.24) is 20.1 Å². The molecule has 0 fully saturated rings. The van der Waals surface area contributed by atoms with E-state index < -0.39 is 0 Å².